The van der Waals surface area contributed by atoms with Crippen LogP contribution in [0.15, 0.2) is 0 Å². The van der Waals surface area contributed by atoms with Gasteiger partial charge < -0.3 is 14.7 Å². The molecule has 0 radical (unpaired) electrons. The summed E-state index contributed by atoms with van der Waals surface area (Å²) in [4.78, 5) is 44.6. The standard InChI is InChI=1S/C21H36N4O3/c1-17(21(28)25-15-11-23(12-16-25)18(2)26)22-9-13-24(14-10-22)20(27)8-7-19-5-3-4-6-19/h17,19H,3-16H2,1-2H3. The Kier molecular flexibility index (Phi) is 7.32. The molecule has 1 saturated carbocycles. The lowest BCUT2D eigenvalue weighted by atomic mass is 10.0. The normalized spacial score (nSPS) is 23.1. The summed E-state index contributed by atoms with van der Waals surface area (Å²) in [6, 6.07) is -0.167. The third kappa shape index (κ3) is 5.25. The number of piperazine rings is 2. The van der Waals surface area contributed by atoms with Gasteiger partial charge in [-0.3, -0.25) is 19.3 Å². The van der Waals surface area contributed by atoms with Gasteiger partial charge >= 0.3 is 0 Å². The number of hydrogen-bond donors (Lipinski definition) is 0. The molecule has 3 fully saturated rings. The van der Waals surface area contributed by atoms with Crippen molar-refractivity contribution in [2.45, 2.75) is 58.4 Å². The molecule has 0 N–H and O–H groups in total. The second-order valence-electron chi connectivity index (χ2n) is 8.61. The van der Waals surface area contributed by atoms with Crippen LogP contribution >= 0.6 is 0 Å². The number of amides is 3. The fourth-order valence-electron chi connectivity index (χ4n) is 4.81. The van der Waals surface area contributed by atoms with E-state index in [4.69, 9.17) is 0 Å². The fourth-order valence-corrected chi connectivity index (χ4v) is 4.81. The van der Waals surface area contributed by atoms with Crippen molar-refractivity contribution in [1.29, 1.82) is 0 Å². The van der Waals surface area contributed by atoms with Crippen molar-refractivity contribution in [2.24, 2.45) is 5.92 Å². The molecule has 3 rings (SSSR count). The predicted molar refractivity (Wildman–Crippen MR) is 108 cm³/mol. The van der Waals surface area contributed by atoms with E-state index in [1.54, 1.807) is 11.8 Å². The zero-order valence-corrected chi connectivity index (χ0v) is 17.6. The second-order valence-corrected chi connectivity index (χ2v) is 8.61. The van der Waals surface area contributed by atoms with Crippen molar-refractivity contribution < 1.29 is 14.4 Å². The van der Waals surface area contributed by atoms with Crippen LogP contribution in [-0.2, 0) is 14.4 Å². The lowest BCUT2D eigenvalue weighted by Gasteiger charge is -2.41. The smallest absolute Gasteiger partial charge is 0.239 e. The Labute approximate surface area is 169 Å². The van der Waals surface area contributed by atoms with Crippen molar-refractivity contribution in [3.05, 3.63) is 0 Å². The van der Waals surface area contributed by atoms with E-state index >= 15 is 0 Å². The summed E-state index contributed by atoms with van der Waals surface area (Å²) in [5.74, 6) is 1.26. The molecular weight excluding hydrogens is 356 g/mol. The molecule has 2 heterocycles. The summed E-state index contributed by atoms with van der Waals surface area (Å²) in [7, 11) is 0. The Morgan fingerprint density at radius 1 is 0.821 bits per heavy atom. The molecule has 7 heteroatoms. The first-order chi connectivity index (χ1) is 13.5. The van der Waals surface area contributed by atoms with Gasteiger partial charge in [-0.2, -0.15) is 0 Å². The Hall–Kier alpha value is -1.63. The Balaban J connectivity index is 1.39. The summed E-state index contributed by atoms with van der Waals surface area (Å²) < 4.78 is 0. The van der Waals surface area contributed by atoms with Crippen LogP contribution in [0.25, 0.3) is 0 Å². The summed E-state index contributed by atoms with van der Waals surface area (Å²) in [5, 5.41) is 0. The van der Waals surface area contributed by atoms with Gasteiger partial charge in [0.2, 0.25) is 17.7 Å². The van der Waals surface area contributed by atoms with Crippen LogP contribution in [0.2, 0.25) is 0 Å². The van der Waals surface area contributed by atoms with E-state index in [1.807, 2.05) is 16.7 Å². The van der Waals surface area contributed by atoms with E-state index in [-0.39, 0.29) is 23.8 Å². The maximum Gasteiger partial charge on any atom is 0.239 e. The zero-order valence-electron chi connectivity index (χ0n) is 17.6. The minimum absolute atomic E-state index is 0.0777. The predicted octanol–water partition coefficient (Wildman–Crippen LogP) is 1.18. The first-order valence-electron chi connectivity index (χ1n) is 11.0. The molecule has 1 aliphatic carbocycles. The summed E-state index contributed by atoms with van der Waals surface area (Å²) in [5.41, 5.74) is 0. The van der Waals surface area contributed by atoms with E-state index < -0.39 is 0 Å². The summed E-state index contributed by atoms with van der Waals surface area (Å²) in [6.07, 6.45) is 6.96. The Morgan fingerprint density at radius 2 is 1.36 bits per heavy atom. The third-order valence-corrected chi connectivity index (χ3v) is 6.85. The molecule has 0 aromatic carbocycles. The lowest BCUT2D eigenvalue weighted by Crippen LogP contribution is -2.58. The molecule has 28 heavy (non-hydrogen) atoms. The Morgan fingerprint density at radius 3 is 1.93 bits per heavy atom. The van der Waals surface area contributed by atoms with Crippen LogP contribution in [0.1, 0.15) is 52.4 Å². The van der Waals surface area contributed by atoms with E-state index in [0.717, 1.165) is 38.5 Å². The lowest BCUT2D eigenvalue weighted by molar-refractivity contribution is -0.143. The van der Waals surface area contributed by atoms with Crippen molar-refractivity contribution in [3.8, 4) is 0 Å². The number of nitrogens with zero attached hydrogens (tertiary/aromatic N) is 4. The molecule has 0 bridgehead atoms. The van der Waals surface area contributed by atoms with E-state index in [9.17, 15) is 14.4 Å². The highest BCUT2D eigenvalue weighted by Gasteiger charge is 2.31. The molecule has 2 aliphatic heterocycles. The number of rotatable bonds is 5. The van der Waals surface area contributed by atoms with Gasteiger partial charge in [-0.15, -0.1) is 0 Å². The van der Waals surface area contributed by atoms with Gasteiger partial charge in [-0.1, -0.05) is 25.7 Å². The van der Waals surface area contributed by atoms with Gasteiger partial charge in [-0.05, 0) is 19.3 Å². The fraction of sp³-hybridized carbons (Fsp3) is 0.857. The Bertz CT molecular complexity index is 560. The van der Waals surface area contributed by atoms with Crippen LogP contribution in [0, 0.1) is 5.92 Å². The van der Waals surface area contributed by atoms with E-state index in [1.165, 1.54) is 25.7 Å². The van der Waals surface area contributed by atoms with Gasteiger partial charge in [0.1, 0.15) is 0 Å². The molecule has 3 amide bonds. The molecule has 0 spiro atoms. The molecule has 0 aromatic heterocycles. The highest BCUT2D eigenvalue weighted by Crippen LogP contribution is 2.28. The topological polar surface area (TPSA) is 64.2 Å². The molecule has 3 aliphatic rings. The van der Waals surface area contributed by atoms with Crippen LogP contribution in [0.4, 0.5) is 0 Å². The molecular formula is C21H36N4O3. The highest BCUT2D eigenvalue weighted by molar-refractivity contribution is 5.82. The van der Waals surface area contributed by atoms with E-state index in [0.29, 0.717) is 32.6 Å². The average molecular weight is 393 g/mol. The van der Waals surface area contributed by atoms with Gasteiger partial charge in [0.05, 0.1) is 6.04 Å². The quantitative estimate of drug-likeness (QED) is 0.705. The first kappa shape index (κ1) is 21.1. The monoisotopic (exact) mass is 392 g/mol. The van der Waals surface area contributed by atoms with Gasteiger partial charge in [0.25, 0.3) is 0 Å². The van der Waals surface area contributed by atoms with E-state index in [2.05, 4.69) is 4.90 Å². The molecule has 2 saturated heterocycles. The third-order valence-electron chi connectivity index (χ3n) is 6.85. The van der Waals surface area contributed by atoms with Gasteiger partial charge in [0, 0.05) is 65.7 Å². The van der Waals surface area contributed by atoms with Gasteiger partial charge in [-0.25, -0.2) is 0 Å². The van der Waals surface area contributed by atoms with Crippen LogP contribution in [-0.4, -0.2) is 95.7 Å². The zero-order chi connectivity index (χ0) is 20.1. The maximum absolute atomic E-state index is 12.8. The average Bonchev–Trinajstić information content (AvgIpc) is 3.25. The van der Waals surface area contributed by atoms with Crippen molar-refractivity contribution in [2.75, 3.05) is 52.4 Å². The van der Waals surface area contributed by atoms with Crippen molar-refractivity contribution in [1.82, 2.24) is 19.6 Å². The molecule has 0 aromatic rings. The van der Waals surface area contributed by atoms with Crippen molar-refractivity contribution in [3.63, 3.8) is 0 Å². The largest absolute Gasteiger partial charge is 0.340 e. The minimum Gasteiger partial charge on any atom is -0.340 e. The number of carbonyl (C=O) groups excluding carboxylic acids is 3. The summed E-state index contributed by atoms with van der Waals surface area (Å²) in [6.45, 7) is 8.98. The molecule has 7 nitrogen and oxygen atoms in total. The summed E-state index contributed by atoms with van der Waals surface area (Å²) >= 11 is 0. The maximum atomic E-state index is 12.8. The molecule has 1 atom stereocenters. The highest BCUT2D eigenvalue weighted by atomic mass is 16.2. The number of carbonyl (C=O) groups is 3. The minimum atomic E-state index is -0.167. The molecule has 1 unspecified atom stereocenters. The second kappa shape index (κ2) is 9.72. The van der Waals surface area contributed by atoms with Crippen molar-refractivity contribution >= 4 is 17.7 Å². The van der Waals surface area contributed by atoms with Gasteiger partial charge in [0.15, 0.2) is 0 Å². The first-order valence-corrected chi connectivity index (χ1v) is 11.0. The van der Waals surface area contributed by atoms with Crippen LogP contribution in [0.5, 0.6) is 0 Å². The van der Waals surface area contributed by atoms with Crippen LogP contribution < -0.4 is 0 Å². The molecule has 158 valence electrons. The van der Waals surface area contributed by atoms with Crippen LogP contribution in [0.3, 0.4) is 0 Å². The SMILES string of the molecule is CC(=O)N1CCN(C(=O)C(C)N2CCN(C(=O)CCC3CCCC3)CC2)CC1. The number of hydrogen-bond acceptors (Lipinski definition) is 4.